The lowest BCUT2D eigenvalue weighted by atomic mass is 9.95. The summed E-state index contributed by atoms with van der Waals surface area (Å²) >= 11 is 12.6. The number of hydrogen-bond donors (Lipinski definition) is 1. The van der Waals surface area contributed by atoms with E-state index in [0.29, 0.717) is 22.2 Å². The zero-order chi connectivity index (χ0) is 22.4. The lowest BCUT2D eigenvalue weighted by Crippen LogP contribution is -2.50. The number of carbonyl (C=O) groups excluding carboxylic acids is 2. The van der Waals surface area contributed by atoms with Gasteiger partial charge in [0.15, 0.2) is 0 Å². The minimum atomic E-state index is -0.601. The van der Waals surface area contributed by atoms with E-state index in [2.05, 4.69) is 5.32 Å². The Morgan fingerprint density at radius 3 is 2.35 bits per heavy atom. The topological polar surface area (TPSA) is 49.4 Å². The maximum absolute atomic E-state index is 13.4. The molecule has 0 bridgehead atoms. The van der Waals surface area contributed by atoms with Crippen LogP contribution in [0, 0.1) is 6.92 Å². The highest BCUT2D eigenvalue weighted by molar-refractivity contribution is 6.36. The highest BCUT2D eigenvalue weighted by atomic mass is 35.5. The summed E-state index contributed by atoms with van der Waals surface area (Å²) in [5.74, 6) is -0.291. The van der Waals surface area contributed by atoms with Crippen LogP contribution in [0.1, 0.15) is 55.7 Å². The summed E-state index contributed by atoms with van der Waals surface area (Å²) in [5.41, 5.74) is 2.68. The molecule has 2 aromatic carbocycles. The molecule has 166 valence electrons. The molecule has 1 saturated carbocycles. The Labute approximate surface area is 194 Å². The number of hydrogen-bond acceptors (Lipinski definition) is 2. The Balaban J connectivity index is 1.80. The summed E-state index contributed by atoms with van der Waals surface area (Å²) in [6, 6.07) is 12.8. The number of aryl methyl sites for hydroxylation is 1. The molecule has 0 saturated heterocycles. The maximum atomic E-state index is 13.4. The first-order valence-electron chi connectivity index (χ1n) is 10.9. The van der Waals surface area contributed by atoms with Gasteiger partial charge in [0, 0.05) is 22.6 Å². The predicted molar refractivity (Wildman–Crippen MR) is 126 cm³/mol. The van der Waals surface area contributed by atoms with Crippen LogP contribution >= 0.6 is 23.2 Å². The van der Waals surface area contributed by atoms with Crippen LogP contribution < -0.4 is 5.32 Å². The summed E-state index contributed by atoms with van der Waals surface area (Å²) in [4.78, 5) is 28.0. The van der Waals surface area contributed by atoms with Gasteiger partial charge in [-0.3, -0.25) is 9.59 Å². The van der Waals surface area contributed by atoms with E-state index in [0.717, 1.165) is 36.8 Å². The van der Waals surface area contributed by atoms with Crippen LogP contribution in [0.3, 0.4) is 0 Å². The first kappa shape index (κ1) is 23.6. The molecule has 2 amide bonds. The lowest BCUT2D eigenvalue weighted by molar-refractivity contribution is -0.140. The van der Waals surface area contributed by atoms with Crippen LogP contribution in [-0.4, -0.2) is 28.8 Å². The Morgan fingerprint density at radius 1 is 1.06 bits per heavy atom. The van der Waals surface area contributed by atoms with E-state index in [1.165, 1.54) is 6.42 Å². The fraction of sp³-hybridized carbons (Fsp3) is 0.440. The maximum Gasteiger partial charge on any atom is 0.242 e. The van der Waals surface area contributed by atoms with Crippen molar-refractivity contribution in [1.29, 1.82) is 0 Å². The second kappa shape index (κ2) is 11.0. The van der Waals surface area contributed by atoms with Gasteiger partial charge in [-0.2, -0.15) is 0 Å². The van der Waals surface area contributed by atoms with Crippen molar-refractivity contribution in [3.63, 3.8) is 0 Å². The van der Waals surface area contributed by atoms with E-state index in [9.17, 15) is 9.59 Å². The van der Waals surface area contributed by atoms with Crippen LogP contribution in [0.15, 0.2) is 42.5 Å². The summed E-state index contributed by atoms with van der Waals surface area (Å²) in [5, 5.41) is 4.06. The Hall–Kier alpha value is -2.04. The standard InChI is InChI=1S/C25H30Cl2N2O2/c1-17-8-6-9-19(14-17)16-29(18(2)25(31)28-20-10-4-3-5-11-20)24(30)15-21-22(26)12-7-13-23(21)27/h6-9,12-14,18,20H,3-5,10-11,15-16H2,1-2H3,(H,28,31)/t18-/m1/s1. The number of nitrogens with one attached hydrogen (secondary N) is 1. The molecule has 1 N–H and O–H groups in total. The summed E-state index contributed by atoms with van der Waals surface area (Å²) < 4.78 is 0. The molecule has 2 aromatic rings. The molecule has 31 heavy (non-hydrogen) atoms. The molecule has 0 unspecified atom stereocenters. The number of halogens is 2. The summed E-state index contributed by atoms with van der Waals surface area (Å²) in [7, 11) is 0. The van der Waals surface area contributed by atoms with E-state index in [4.69, 9.17) is 23.2 Å². The number of benzene rings is 2. The highest BCUT2D eigenvalue weighted by Gasteiger charge is 2.29. The predicted octanol–water partition coefficient (Wildman–Crippen LogP) is 5.71. The second-order valence-corrected chi connectivity index (χ2v) is 9.22. The van der Waals surface area contributed by atoms with Crippen LogP contribution in [0.5, 0.6) is 0 Å². The fourth-order valence-corrected chi connectivity index (χ4v) is 4.64. The normalized spacial score (nSPS) is 15.4. The van der Waals surface area contributed by atoms with Crippen LogP contribution in [-0.2, 0) is 22.6 Å². The summed E-state index contributed by atoms with van der Waals surface area (Å²) in [6.45, 7) is 4.15. The van der Waals surface area contributed by atoms with Gasteiger partial charge in [0.1, 0.15) is 6.04 Å². The minimum absolute atomic E-state index is 0.0470. The van der Waals surface area contributed by atoms with Crippen LogP contribution in [0.25, 0.3) is 0 Å². The second-order valence-electron chi connectivity index (χ2n) is 8.41. The van der Waals surface area contributed by atoms with Crippen molar-refractivity contribution in [2.45, 2.75) is 71.0 Å². The van der Waals surface area contributed by atoms with Gasteiger partial charge in [0.2, 0.25) is 11.8 Å². The van der Waals surface area contributed by atoms with Crippen molar-refractivity contribution in [3.8, 4) is 0 Å². The molecular formula is C25H30Cl2N2O2. The lowest BCUT2D eigenvalue weighted by Gasteiger charge is -2.31. The Bertz CT molecular complexity index is 905. The molecule has 0 heterocycles. The first-order chi connectivity index (χ1) is 14.8. The van der Waals surface area contributed by atoms with Crippen molar-refractivity contribution >= 4 is 35.0 Å². The van der Waals surface area contributed by atoms with Crippen LogP contribution in [0.2, 0.25) is 10.0 Å². The third-order valence-electron chi connectivity index (χ3n) is 5.94. The molecule has 1 aliphatic carbocycles. The Morgan fingerprint density at radius 2 is 1.71 bits per heavy atom. The van der Waals surface area contributed by atoms with Crippen molar-refractivity contribution in [2.24, 2.45) is 0 Å². The Kier molecular flexibility index (Phi) is 8.39. The van der Waals surface area contributed by atoms with Gasteiger partial charge in [0.05, 0.1) is 6.42 Å². The number of carbonyl (C=O) groups is 2. The first-order valence-corrected chi connectivity index (χ1v) is 11.7. The zero-order valence-corrected chi connectivity index (χ0v) is 19.7. The average molecular weight is 461 g/mol. The molecule has 0 radical (unpaired) electrons. The molecule has 3 rings (SSSR count). The molecule has 6 heteroatoms. The van der Waals surface area contributed by atoms with Gasteiger partial charge in [-0.05, 0) is 49.9 Å². The van der Waals surface area contributed by atoms with Gasteiger partial charge >= 0.3 is 0 Å². The molecule has 0 aliphatic heterocycles. The third-order valence-corrected chi connectivity index (χ3v) is 6.65. The van der Waals surface area contributed by atoms with E-state index in [1.807, 2.05) is 31.2 Å². The molecule has 0 spiro atoms. The number of amides is 2. The summed E-state index contributed by atoms with van der Waals surface area (Å²) in [6.07, 6.45) is 5.54. The molecule has 0 aromatic heterocycles. The highest BCUT2D eigenvalue weighted by Crippen LogP contribution is 2.26. The molecule has 4 nitrogen and oxygen atoms in total. The molecule has 1 aliphatic rings. The van der Waals surface area contributed by atoms with E-state index in [1.54, 1.807) is 30.0 Å². The SMILES string of the molecule is Cc1cccc(CN(C(=O)Cc2c(Cl)cccc2Cl)[C@H](C)C(=O)NC2CCCCC2)c1. The van der Waals surface area contributed by atoms with Gasteiger partial charge in [-0.1, -0.05) is 78.4 Å². The van der Waals surface area contributed by atoms with E-state index >= 15 is 0 Å². The minimum Gasteiger partial charge on any atom is -0.352 e. The largest absolute Gasteiger partial charge is 0.352 e. The van der Waals surface area contributed by atoms with E-state index in [-0.39, 0.29) is 24.3 Å². The van der Waals surface area contributed by atoms with Gasteiger partial charge < -0.3 is 10.2 Å². The van der Waals surface area contributed by atoms with Crippen molar-refractivity contribution in [2.75, 3.05) is 0 Å². The number of nitrogens with zero attached hydrogens (tertiary/aromatic N) is 1. The van der Waals surface area contributed by atoms with Crippen LogP contribution in [0.4, 0.5) is 0 Å². The van der Waals surface area contributed by atoms with Crippen molar-refractivity contribution in [1.82, 2.24) is 10.2 Å². The van der Waals surface area contributed by atoms with Crippen molar-refractivity contribution < 1.29 is 9.59 Å². The molecular weight excluding hydrogens is 431 g/mol. The molecule has 1 fully saturated rings. The zero-order valence-electron chi connectivity index (χ0n) is 18.2. The van der Waals surface area contributed by atoms with Gasteiger partial charge in [-0.25, -0.2) is 0 Å². The monoisotopic (exact) mass is 460 g/mol. The number of rotatable bonds is 7. The van der Waals surface area contributed by atoms with Crippen molar-refractivity contribution in [3.05, 3.63) is 69.2 Å². The fourth-order valence-electron chi connectivity index (χ4n) is 4.11. The van der Waals surface area contributed by atoms with Gasteiger partial charge in [-0.15, -0.1) is 0 Å². The van der Waals surface area contributed by atoms with Gasteiger partial charge in [0.25, 0.3) is 0 Å². The molecule has 1 atom stereocenters. The third kappa shape index (κ3) is 6.47. The average Bonchev–Trinajstić information content (AvgIpc) is 2.75. The smallest absolute Gasteiger partial charge is 0.242 e. The quantitative estimate of drug-likeness (QED) is 0.574. The van der Waals surface area contributed by atoms with E-state index < -0.39 is 6.04 Å².